The van der Waals surface area contributed by atoms with E-state index < -0.39 is 0 Å². The minimum Gasteiger partial charge on any atom is -0.823 e. The average Bonchev–Trinajstić information content (AvgIpc) is 2.68. The van der Waals surface area contributed by atoms with Crippen molar-refractivity contribution in [1.29, 1.82) is 0 Å². The van der Waals surface area contributed by atoms with Gasteiger partial charge in [-0.3, -0.25) is 0 Å². The molecule has 0 aliphatic rings. The van der Waals surface area contributed by atoms with E-state index in [4.69, 9.17) is 9.47 Å². The molecule has 0 unspecified atom stereocenters. The molecule has 0 heterocycles. The topological polar surface area (TPSA) is 41.5 Å². The minimum atomic E-state index is -0.0577. The summed E-state index contributed by atoms with van der Waals surface area (Å²) in [6, 6.07) is 23.3. The summed E-state index contributed by atoms with van der Waals surface area (Å²) in [6.45, 7) is 0. The first-order valence-corrected chi connectivity index (χ1v) is 8.75. The van der Waals surface area contributed by atoms with Crippen LogP contribution in [0.4, 0.5) is 0 Å². The number of hydrogen-bond acceptors (Lipinski definition) is 3. The molecule has 0 amide bonds. The highest BCUT2D eigenvalue weighted by atomic mass is 31.1. The molecule has 0 radical (unpaired) electrons. The fourth-order valence-corrected chi connectivity index (χ4v) is 3.70. The van der Waals surface area contributed by atoms with Crippen LogP contribution >= 0.6 is 8.20 Å². The molecule has 25 heavy (non-hydrogen) atoms. The maximum Gasteiger partial charge on any atom is 0.129 e. The normalized spacial score (nSPS) is 11.2. The largest absolute Gasteiger partial charge is 0.823 e. The quantitative estimate of drug-likeness (QED) is 0.662. The molecule has 0 N–H and O–H groups in total. The van der Waals surface area contributed by atoms with Crippen LogP contribution in [0, 0.1) is 0 Å². The number of ether oxygens (including phenoxy) is 2. The summed E-state index contributed by atoms with van der Waals surface area (Å²) in [5.74, 6) is 1.04. The van der Waals surface area contributed by atoms with Gasteiger partial charge in [-0.2, -0.15) is 0 Å². The summed E-state index contributed by atoms with van der Waals surface area (Å²) in [4.78, 5) is 0. The van der Waals surface area contributed by atoms with Crippen molar-refractivity contribution in [2.75, 3.05) is 14.2 Å². The van der Waals surface area contributed by atoms with Crippen LogP contribution in [0.2, 0.25) is 0 Å². The van der Waals surface area contributed by atoms with Crippen LogP contribution < -0.4 is 19.9 Å². The van der Waals surface area contributed by atoms with Gasteiger partial charge in [0.1, 0.15) is 11.5 Å². The van der Waals surface area contributed by atoms with Crippen molar-refractivity contribution in [2.24, 2.45) is 0 Å². The third-order valence-corrected chi connectivity index (χ3v) is 4.91. The van der Waals surface area contributed by atoms with Gasteiger partial charge < -0.3 is 14.6 Å². The van der Waals surface area contributed by atoms with Gasteiger partial charge in [-0.05, 0) is 29.3 Å². The van der Waals surface area contributed by atoms with Crippen molar-refractivity contribution in [3.63, 3.8) is 0 Å². The van der Waals surface area contributed by atoms with Crippen molar-refractivity contribution < 1.29 is 14.6 Å². The summed E-state index contributed by atoms with van der Waals surface area (Å²) in [7, 11) is 3.69. The molecular formula is C21H18O3P-. The van der Waals surface area contributed by atoms with Gasteiger partial charge in [0.25, 0.3) is 0 Å². The van der Waals surface area contributed by atoms with Gasteiger partial charge in [-0.15, -0.1) is 0 Å². The number of methoxy groups -OCH3 is 2. The Hall–Kier alpha value is -2.61. The lowest BCUT2D eigenvalue weighted by Gasteiger charge is -2.19. The van der Waals surface area contributed by atoms with Crippen LogP contribution in [0.1, 0.15) is 5.56 Å². The molecule has 3 rings (SSSR count). The Morgan fingerprint density at radius 1 is 0.760 bits per heavy atom. The van der Waals surface area contributed by atoms with E-state index in [9.17, 15) is 5.11 Å². The lowest BCUT2D eigenvalue weighted by Crippen LogP contribution is -2.20. The Bertz CT molecular complexity index is 866. The first-order valence-electron chi connectivity index (χ1n) is 7.86. The smallest absolute Gasteiger partial charge is 0.129 e. The monoisotopic (exact) mass is 349 g/mol. The molecule has 0 fully saturated rings. The van der Waals surface area contributed by atoms with Gasteiger partial charge in [-0.1, -0.05) is 68.3 Å². The first-order chi connectivity index (χ1) is 12.2. The summed E-state index contributed by atoms with van der Waals surface area (Å²) in [5.41, 5.74) is 2.55. The van der Waals surface area contributed by atoms with Crippen molar-refractivity contribution >= 4 is 19.0 Å². The predicted octanol–water partition coefficient (Wildman–Crippen LogP) is 3.48. The fraction of sp³-hybridized carbons (Fsp3) is 0.0952. The second kappa shape index (κ2) is 7.98. The fourth-order valence-electron chi connectivity index (χ4n) is 2.66. The van der Waals surface area contributed by atoms with E-state index in [2.05, 4.69) is 0 Å². The summed E-state index contributed by atoms with van der Waals surface area (Å²) in [5, 5.41) is 13.9. The second-order valence-corrected chi connectivity index (χ2v) is 6.45. The first kappa shape index (κ1) is 17.2. The molecule has 0 atom stereocenters. The molecular weight excluding hydrogens is 331 g/mol. The van der Waals surface area contributed by atoms with Crippen LogP contribution in [-0.2, 0) is 0 Å². The second-order valence-electron chi connectivity index (χ2n) is 5.34. The van der Waals surface area contributed by atoms with Gasteiger partial charge in [0.2, 0.25) is 0 Å². The third kappa shape index (κ3) is 3.74. The van der Waals surface area contributed by atoms with Crippen molar-refractivity contribution in [3.8, 4) is 22.6 Å². The zero-order valence-electron chi connectivity index (χ0n) is 14.1. The van der Waals surface area contributed by atoms with Crippen LogP contribution in [-0.4, -0.2) is 19.7 Å². The van der Waals surface area contributed by atoms with Gasteiger partial charge in [0, 0.05) is 10.9 Å². The van der Waals surface area contributed by atoms with Crippen molar-refractivity contribution in [1.82, 2.24) is 0 Å². The Kier molecular flexibility index (Phi) is 5.49. The van der Waals surface area contributed by atoms with Crippen LogP contribution in [0.3, 0.4) is 0 Å². The highest BCUT2D eigenvalue weighted by Crippen LogP contribution is 2.30. The maximum absolute atomic E-state index is 13.0. The van der Waals surface area contributed by atoms with E-state index >= 15 is 0 Å². The molecule has 4 heteroatoms. The van der Waals surface area contributed by atoms with E-state index in [0.717, 1.165) is 16.4 Å². The summed E-state index contributed by atoms with van der Waals surface area (Å²) in [6.07, 6.45) is 0. The molecule has 3 nitrogen and oxygen atoms in total. The molecule has 126 valence electrons. The summed E-state index contributed by atoms with van der Waals surface area (Å²) >= 11 is 0. The highest BCUT2D eigenvalue weighted by molar-refractivity contribution is 7.49. The van der Waals surface area contributed by atoms with E-state index in [1.54, 1.807) is 26.4 Å². The third-order valence-electron chi connectivity index (χ3n) is 3.85. The summed E-state index contributed by atoms with van der Waals surface area (Å²) < 4.78 is 10.7. The maximum atomic E-state index is 13.0. The highest BCUT2D eigenvalue weighted by Gasteiger charge is 2.10. The molecule has 0 bridgehead atoms. The van der Waals surface area contributed by atoms with E-state index in [1.165, 1.54) is 0 Å². The van der Waals surface area contributed by atoms with Gasteiger partial charge in [0.15, 0.2) is 0 Å². The Labute approximate surface area is 149 Å². The molecule has 0 saturated heterocycles. The lowest BCUT2D eigenvalue weighted by atomic mass is 10.1. The zero-order chi connectivity index (χ0) is 17.6. The SMILES string of the molecule is COc1cccc(OC)c1C([O-])=Pc1ccccc1-c1ccccc1. The van der Waals surface area contributed by atoms with Crippen LogP contribution in [0.25, 0.3) is 11.1 Å². The molecule has 0 spiro atoms. The zero-order valence-corrected chi connectivity index (χ0v) is 15.0. The van der Waals surface area contributed by atoms with Crippen LogP contribution in [0.5, 0.6) is 11.5 Å². The van der Waals surface area contributed by atoms with Crippen molar-refractivity contribution in [3.05, 3.63) is 78.4 Å². The van der Waals surface area contributed by atoms with Crippen LogP contribution in [0.15, 0.2) is 72.8 Å². The number of rotatable bonds is 5. The molecule has 3 aromatic rings. The standard InChI is InChI=1S/C21H19O3P/c1-23-17-12-8-13-18(24-2)20(17)21(22)25-19-14-7-6-11-16(19)15-9-4-3-5-10-15/h3-14,22H,1-2H3/p-1. The number of hydrogen-bond donors (Lipinski definition) is 0. The predicted molar refractivity (Wildman–Crippen MR) is 102 cm³/mol. The minimum absolute atomic E-state index is 0.0577. The van der Waals surface area contributed by atoms with Gasteiger partial charge in [0.05, 0.1) is 14.2 Å². The van der Waals surface area contributed by atoms with E-state index in [0.29, 0.717) is 25.3 Å². The van der Waals surface area contributed by atoms with Crippen molar-refractivity contribution in [2.45, 2.75) is 0 Å². The lowest BCUT2D eigenvalue weighted by molar-refractivity contribution is -0.207. The van der Waals surface area contributed by atoms with E-state index in [-0.39, 0.29) is 5.48 Å². The molecule has 0 saturated carbocycles. The van der Waals surface area contributed by atoms with Gasteiger partial charge in [-0.25, -0.2) is 0 Å². The number of benzene rings is 3. The average molecular weight is 349 g/mol. The molecule has 0 aliphatic carbocycles. The molecule has 0 aromatic heterocycles. The molecule has 3 aromatic carbocycles. The van der Waals surface area contributed by atoms with E-state index in [1.807, 2.05) is 60.7 Å². The molecule has 0 aliphatic heterocycles. The Morgan fingerprint density at radius 2 is 1.36 bits per heavy atom. The van der Waals surface area contributed by atoms with Gasteiger partial charge >= 0.3 is 0 Å². The Morgan fingerprint density at radius 3 is 2.00 bits per heavy atom. The Balaban J connectivity index is 2.11.